The summed E-state index contributed by atoms with van der Waals surface area (Å²) in [5.74, 6) is -0.320. The van der Waals surface area contributed by atoms with E-state index in [-0.39, 0.29) is 5.97 Å². The molecular formula is C3H6O3S2. The Morgan fingerprint density at radius 1 is 1.50 bits per heavy atom. The molecule has 0 spiro atoms. The number of rotatable bonds is 3. The lowest BCUT2D eigenvalue weighted by atomic mass is 10.9. The molecule has 0 amide bonds. The molecule has 0 saturated carbocycles. The molecule has 0 aromatic carbocycles. The predicted octanol–water partition coefficient (Wildman–Crippen LogP) is 1.41. The molecule has 0 atom stereocenters. The highest BCUT2D eigenvalue weighted by atomic mass is 33.1. The third-order valence-electron chi connectivity index (χ3n) is 0.247. The van der Waals surface area contributed by atoms with Crippen molar-refractivity contribution in [3.05, 3.63) is 0 Å². The molecule has 8 heavy (non-hydrogen) atoms. The Labute approximate surface area is 55.9 Å². The lowest BCUT2D eigenvalue weighted by Gasteiger charge is -1.92. The lowest BCUT2D eigenvalue weighted by Crippen LogP contribution is -1.86. The van der Waals surface area contributed by atoms with E-state index < -0.39 is 0 Å². The van der Waals surface area contributed by atoms with Crippen LogP contribution in [0.1, 0.15) is 6.92 Å². The first-order valence-electron chi connectivity index (χ1n) is 1.82. The van der Waals surface area contributed by atoms with Crippen LogP contribution in [0.2, 0.25) is 0 Å². The highest BCUT2D eigenvalue weighted by molar-refractivity contribution is 8.73. The fourth-order valence-electron chi connectivity index (χ4n) is 0.0896. The Kier molecular flexibility index (Phi) is 5.36. The Hall–Kier alpha value is 0.130. The molecule has 5 heteroatoms. The van der Waals surface area contributed by atoms with Crippen LogP contribution in [0.25, 0.3) is 0 Å². The summed E-state index contributed by atoms with van der Waals surface area (Å²) in [6.07, 6.45) is 0. The van der Waals surface area contributed by atoms with Crippen molar-refractivity contribution in [3.63, 3.8) is 0 Å². The third kappa shape index (κ3) is 6.13. The maximum Gasteiger partial charge on any atom is 0.315 e. The summed E-state index contributed by atoms with van der Waals surface area (Å²) in [6, 6.07) is 0. The molecule has 0 bridgehead atoms. The molecule has 48 valence electrons. The minimum atomic E-state index is -0.320. The van der Waals surface area contributed by atoms with Crippen molar-refractivity contribution < 1.29 is 13.2 Å². The van der Waals surface area contributed by atoms with E-state index in [2.05, 4.69) is 8.37 Å². The summed E-state index contributed by atoms with van der Waals surface area (Å²) in [4.78, 5) is 10.0. The Bertz CT molecular complexity index is 74.9. The quantitative estimate of drug-likeness (QED) is 0.349. The van der Waals surface area contributed by atoms with E-state index in [9.17, 15) is 4.79 Å². The van der Waals surface area contributed by atoms with Gasteiger partial charge in [0.1, 0.15) is 11.1 Å². The van der Waals surface area contributed by atoms with Crippen LogP contribution in [0.5, 0.6) is 0 Å². The van der Waals surface area contributed by atoms with Gasteiger partial charge in [0.05, 0.1) is 7.11 Å². The van der Waals surface area contributed by atoms with Crippen molar-refractivity contribution in [2.75, 3.05) is 7.11 Å². The Balaban J connectivity index is 2.82. The summed E-state index contributed by atoms with van der Waals surface area (Å²) >= 11 is 1.92. The first kappa shape index (κ1) is 8.13. The average molecular weight is 154 g/mol. The summed E-state index contributed by atoms with van der Waals surface area (Å²) in [6.45, 7) is 1.34. The maximum atomic E-state index is 10.0. The van der Waals surface area contributed by atoms with Crippen LogP contribution in [0, 0.1) is 0 Å². The number of carbonyl (C=O) groups is 1. The number of hydrogen-bond acceptors (Lipinski definition) is 5. The topological polar surface area (TPSA) is 35.5 Å². The minimum Gasteiger partial charge on any atom is -0.377 e. The van der Waals surface area contributed by atoms with E-state index in [0.29, 0.717) is 0 Å². The van der Waals surface area contributed by atoms with Crippen molar-refractivity contribution in [2.45, 2.75) is 6.92 Å². The van der Waals surface area contributed by atoms with Crippen molar-refractivity contribution in [2.24, 2.45) is 0 Å². The van der Waals surface area contributed by atoms with Gasteiger partial charge in [0.15, 0.2) is 11.1 Å². The molecule has 0 rings (SSSR count). The van der Waals surface area contributed by atoms with E-state index in [1.165, 1.54) is 14.0 Å². The summed E-state index contributed by atoms with van der Waals surface area (Å²) in [7, 11) is 1.50. The Morgan fingerprint density at radius 3 is 2.50 bits per heavy atom. The SMILES string of the molecule is COSSOC(C)=O. The normalized spacial score (nSPS) is 8.75. The van der Waals surface area contributed by atoms with Crippen LogP contribution in [-0.4, -0.2) is 13.1 Å². The van der Waals surface area contributed by atoms with Gasteiger partial charge in [0.25, 0.3) is 0 Å². The van der Waals surface area contributed by atoms with Gasteiger partial charge in [-0.05, 0) is 0 Å². The summed E-state index contributed by atoms with van der Waals surface area (Å²) in [5.41, 5.74) is 0. The van der Waals surface area contributed by atoms with Gasteiger partial charge < -0.3 is 8.37 Å². The highest BCUT2D eigenvalue weighted by Crippen LogP contribution is 2.21. The second kappa shape index (κ2) is 5.27. The van der Waals surface area contributed by atoms with Gasteiger partial charge in [0.2, 0.25) is 0 Å². The van der Waals surface area contributed by atoms with Gasteiger partial charge in [-0.3, -0.25) is 4.79 Å². The van der Waals surface area contributed by atoms with E-state index >= 15 is 0 Å². The molecule has 0 heterocycles. The first-order valence-corrected chi connectivity index (χ1v) is 3.82. The molecular weight excluding hydrogens is 148 g/mol. The smallest absolute Gasteiger partial charge is 0.315 e. The van der Waals surface area contributed by atoms with E-state index in [4.69, 9.17) is 0 Å². The van der Waals surface area contributed by atoms with Crippen LogP contribution >= 0.6 is 22.1 Å². The van der Waals surface area contributed by atoms with Gasteiger partial charge in [-0.15, -0.1) is 0 Å². The van der Waals surface area contributed by atoms with Crippen LogP contribution < -0.4 is 0 Å². The summed E-state index contributed by atoms with van der Waals surface area (Å²) in [5, 5.41) is 0. The van der Waals surface area contributed by atoms with Crippen molar-refractivity contribution in [1.29, 1.82) is 0 Å². The molecule has 0 aliphatic rings. The lowest BCUT2D eigenvalue weighted by molar-refractivity contribution is -0.130. The van der Waals surface area contributed by atoms with Gasteiger partial charge in [-0.25, -0.2) is 0 Å². The minimum absolute atomic E-state index is 0.320. The van der Waals surface area contributed by atoms with Crippen LogP contribution in [0.15, 0.2) is 0 Å². The van der Waals surface area contributed by atoms with Crippen molar-refractivity contribution >= 4 is 28.1 Å². The number of carbonyl (C=O) groups excluding carboxylic acids is 1. The fraction of sp³-hybridized carbons (Fsp3) is 0.667. The van der Waals surface area contributed by atoms with Crippen molar-refractivity contribution in [1.82, 2.24) is 0 Å². The maximum absolute atomic E-state index is 10.0. The first-order chi connectivity index (χ1) is 3.77. The molecule has 0 fully saturated rings. The van der Waals surface area contributed by atoms with E-state index in [0.717, 1.165) is 22.1 Å². The molecule has 0 aliphatic carbocycles. The molecule has 0 aromatic heterocycles. The predicted molar refractivity (Wildman–Crippen MR) is 34.0 cm³/mol. The molecule has 0 aromatic rings. The monoisotopic (exact) mass is 154 g/mol. The van der Waals surface area contributed by atoms with Gasteiger partial charge >= 0.3 is 5.97 Å². The highest BCUT2D eigenvalue weighted by Gasteiger charge is 1.91. The van der Waals surface area contributed by atoms with Crippen LogP contribution in [0.3, 0.4) is 0 Å². The third-order valence-corrected chi connectivity index (χ3v) is 1.52. The van der Waals surface area contributed by atoms with Crippen LogP contribution in [0.4, 0.5) is 0 Å². The molecule has 0 unspecified atom stereocenters. The molecule has 3 nitrogen and oxygen atoms in total. The van der Waals surface area contributed by atoms with Gasteiger partial charge in [-0.1, -0.05) is 0 Å². The molecule has 0 saturated heterocycles. The van der Waals surface area contributed by atoms with Crippen LogP contribution in [-0.2, 0) is 13.2 Å². The number of hydrogen-bond donors (Lipinski definition) is 0. The standard InChI is InChI=1S/C3H6O3S2/c1-3(4)6-8-7-5-2/h1-2H3. The zero-order valence-electron chi connectivity index (χ0n) is 4.54. The summed E-state index contributed by atoms with van der Waals surface area (Å²) < 4.78 is 8.89. The zero-order valence-corrected chi connectivity index (χ0v) is 6.17. The second-order valence-electron chi connectivity index (χ2n) is 0.878. The average Bonchev–Trinajstić information content (AvgIpc) is 1.66. The molecule has 0 radical (unpaired) electrons. The van der Waals surface area contributed by atoms with Gasteiger partial charge in [-0.2, -0.15) is 0 Å². The van der Waals surface area contributed by atoms with E-state index in [1.54, 1.807) is 0 Å². The van der Waals surface area contributed by atoms with Gasteiger partial charge in [0, 0.05) is 6.92 Å². The molecule has 0 N–H and O–H groups in total. The van der Waals surface area contributed by atoms with Crippen molar-refractivity contribution in [3.8, 4) is 0 Å². The largest absolute Gasteiger partial charge is 0.377 e. The zero-order chi connectivity index (χ0) is 6.41. The Morgan fingerprint density at radius 2 is 2.12 bits per heavy atom. The second-order valence-corrected chi connectivity index (χ2v) is 2.47. The van der Waals surface area contributed by atoms with E-state index in [1.807, 2.05) is 0 Å². The fourth-order valence-corrected chi connectivity index (χ4v) is 0.806. The molecule has 0 aliphatic heterocycles.